The van der Waals surface area contributed by atoms with Gasteiger partial charge in [-0.2, -0.15) is 0 Å². The van der Waals surface area contributed by atoms with Crippen molar-refractivity contribution >= 4 is 36.6 Å². The summed E-state index contributed by atoms with van der Waals surface area (Å²) in [5.74, 6) is 0.119. The van der Waals surface area contributed by atoms with Gasteiger partial charge in [0.25, 0.3) is 0 Å². The first kappa shape index (κ1) is 22.4. The minimum Gasteiger partial charge on any atom is -0.379 e. The maximum Gasteiger partial charge on any atom is 0.228 e. The molecular formula is C16H30Cl2N4O3. The molecule has 0 radical (unpaired) electrons. The number of halogens is 2. The molecule has 3 rings (SSSR count). The van der Waals surface area contributed by atoms with Crippen LogP contribution in [0.1, 0.15) is 13.3 Å². The van der Waals surface area contributed by atoms with Gasteiger partial charge in [-0.3, -0.25) is 14.5 Å². The lowest BCUT2D eigenvalue weighted by molar-refractivity contribution is -0.138. The van der Waals surface area contributed by atoms with Crippen LogP contribution in [0.5, 0.6) is 0 Å². The van der Waals surface area contributed by atoms with Gasteiger partial charge in [0.2, 0.25) is 11.8 Å². The van der Waals surface area contributed by atoms with Crippen molar-refractivity contribution in [1.29, 1.82) is 0 Å². The lowest BCUT2D eigenvalue weighted by Crippen LogP contribution is -2.54. The zero-order chi connectivity index (χ0) is 16.2. The highest BCUT2D eigenvalue weighted by Crippen LogP contribution is 2.21. The third-order valence-corrected chi connectivity index (χ3v) is 5.14. The van der Waals surface area contributed by atoms with Crippen molar-refractivity contribution in [1.82, 2.24) is 20.0 Å². The van der Waals surface area contributed by atoms with E-state index in [0.717, 1.165) is 59.0 Å². The van der Waals surface area contributed by atoms with Gasteiger partial charge in [-0.1, -0.05) is 0 Å². The van der Waals surface area contributed by atoms with Crippen LogP contribution in [0.15, 0.2) is 0 Å². The van der Waals surface area contributed by atoms with Crippen molar-refractivity contribution < 1.29 is 14.3 Å². The average Bonchev–Trinajstić information content (AvgIpc) is 2.95. The minimum absolute atomic E-state index is 0. The third kappa shape index (κ3) is 5.69. The molecule has 2 amide bonds. The molecule has 0 aromatic heterocycles. The van der Waals surface area contributed by atoms with E-state index in [9.17, 15) is 9.59 Å². The van der Waals surface area contributed by atoms with Crippen LogP contribution in [-0.4, -0.2) is 98.1 Å². The van der Waals surface area contributed by atoms with Crippen molar-refractivity contribution in [3.05, 3.63) is 0 Å². The highest BCUT2D eigenvalue weighted by atomic mass is 35.5. The van der Waals surface area contributed by atoms with Gasteiger partial charge < -0.3 is 19.9 Å². The van der Waals surface area contributed by atoms with Crippen LogP contribution in [0.3, 0.4) is 0 Å². The van der Waals surface area contributed by atoms with Gasteiger partial charge in [-0.15, -0.1) is 24.8 Å². The van der Waals surface area contributed by atoms with E-state index in [1.54, 1.807) is 0 Å². The van der Waals surface area contributed by atoms with Crippen LogP contribution in [0.25, 0.3) is 0 Å². The van der Waals surface area contributed by atoms with Crippen molar-refractivity contribution in [2.75, 3.05) is 65.6 Å². The van der Waals surface area contributed by atoms with E-state index in [1.807, 2.05) is 9.80 Å². The molecule has 146 valence electrons. The summed E-state index contributed by atoms with van der Waals surface area (Å²) < 4.78 is 5.34. The number of likely N-dealkylation sites (tertiary alicyclic amines) is 1. The van der Waals surface area contributed by atoms with Crippen molar-refractivity contribution in [2.45, 2.75) is 19.4 Å². The molecule has 7 nitrogen and oxygen atoms in total. The first-order valence-electron chi connectivity index (χ1n) is 8.74. The molecular weight excluding hydrogens is 367 g/mol. The Morgan fingerprint density at radius 3 is 2.60 bits per heavy atom. The zero-order valence-electron chi connectivity index (χ0n) is 14.8. The highest BCUT2D eigenvalue weighted by molar-refractivity contribution is 5.89. The molecule has 0 aromatic carbocycles. The number of nitrogens with one attached hydrogen (secondary N) is 1. The molecule has 9 heteroatoms. The number of morpholine rings is 1. The largest absolute Gasteiger partial charge is 0.379 e. The number of hydrogen-bond donors (Lipinski definition) is 1. The Morgan fingerprint density at radius 1 is 1.20 bits per heavy atom. The molecule has 0 aliphatic carbocycles. The molecule has 3 aliphatic rings. The Bertz CT molecular complexity index is 449. The number of carbonyl (C=O) groups excluding carboxylic acids is 2. The van der Waals surface area contributed by atoms with Crippen LogP contribution in [0, 0.1) is 5.92 Å². The van der Waals surface area contributed by atoms with Gasteiger partial charge in [-0.25, -0.2) is 0 Å². The minimum atomic E-state index is -0.160. The monoisotopic (exact) mass is 396 g/mol. The predicted octanol–water partition coefficient (Wildman–Crippen LogP) is -0.169. The summed E-state index contributed by atoms with van der Waals surface area (Å²) in [5.41, 5.74) is 0. The van der Waals surface area contributed by atoms with Crippen LogP contribution in [-0.2, 0) is 14.3 Å². The number of piperazine rings is 1. The number of nitrogens with zero attached hydrogens (tertiary/aromatic N) is 3. The second-order valence-electron chi connectivity index (χ2n) is 6.78. The Balaban J connectivity index is 0.00000156. The molecule has 3 heterocycles. The number of ether oxygens (including phenoxy) is 1. The van der Waals surface area contributed by atoms with E-state index < -0.39 is 0 Å². The molecule has 3 saturated heterocycles. The summed E-state index contributed by atoms with van der Waals surface area (Å²) >= 11 is 0. The molecule has 0 aromatic rings. The van der Waals surface area contributed by atoms with Gasteiger partial charge in [0.1, 0.15) is 0 Å². The Hall–Kier alpha value is -0.600. The molecule has 0 spiro atoms. The fraction of sp³-hybridized carbons (Fsp3) is 0.875. The molecule has 0 bridgehead atoms. The highest BCUT2D eigenvalue weighted by Gasteiger charge is 2.38. The van der Waals surface area contributed by atoms with Gasteiger partial charge in [0, 0.05) is 64.8 Å². The van der Waals surface area contributed by atoms with E-state index in [-0.39, 0.29) is 48.6 Å². The second-order valence-corrected chi connectivity index (χ2v) is 6.78. The standard InChI is InChI=1S/C16H28N4O3.2ClH/c1-13-11-17-2-3-20(13)16(22)14-10-15(21)19(12-14)5-4-18-6-8-23-9-7-18;;/h13-14,17H,2-12H2,1H3;2*1H/t13-,14?;;/m1../s1. The topological polar surface area (TPSA) is 65.1 Å². The Morgan fingerprint density at radius 2 is 1.92 bits per heavy atom. The molecule has 0 saturated carbocycles. The van der Waals surface area contributed by atoms with E-state index in [1.165, 1.54) is 0 Å². The lowest BCUT2D eigenvalue weighted by atomic mass is 10.1. The molecule has 3 aliphatic heterocycles. The zero-order valence-corrected chi connectivity index (χ0v) is 16.4. The Kier molecular flexibility index (Phi) is 9.45. The SMILES string of the molecule is C[C@@H]1CNCCN1C(=O)C1CC(=O)N(CCN2CCOCC2)C1.Cl.Cl. The van der Waals surface area contributed by atoms with Gasteiger partial charge in [0.05, 0.1) is 19.1 Å². The van der Waals surface area contributed by atoms with E-state index in [2.05, 4.69) is 17.1 Å². The fourth-order valence-corrected chi connectivity index (χ4v) is 3.64. The van der Waals surface area contributed by atoms with Crippen molar-refractivity contribution in [2.24, 2.45) is 5.92 Å². The van der Waals surface area contributed by atoms with Gasteiger partial charge in [0.15, 0.2) is 0 Å². The number of hydrogen-bond acceptors (Lipinski definition) is 5. The quantitative estimate of drug-likeness (QED) is 0.714. The Labute approximate surface area is 162 Å². The van der Waals surface area contributed by atoms with E-state index in [4.69, 9.17) is 4.74 Å². The number of carbonyl (C=O) groups is 2. The van der Waals surface area contributed by atoms with Crippen LogP contribution in [0.4, 0.5) is 0 Å². The summed E-state index contributed by atoms with van der Waals surface area (Å²) in [6.07, 6.45) is 0.374. The summed E-state index contributed by atoms with van der Waals surface area (Å²) in [5, 5.41) is 3.30. The van der Waals surface area contributed by atoms with Crippen molar-refractivity contribution in [3.63, 3.8) is 0 Å². The number of amides is 2. The van der Waals surface area contributed by atoms with Gasteiger partial charge >= 0.3 is 0 Å². The van der Waals surface area contributed by atoms with Crippen LogP contribution < -0.4 is 5.32 Å². The van der Waals surface area contributed by atoms with Gasteiger partial charge in [-0.05, 0) is 6.92 Å². The summed E-state index contributed by atoms with van der Waals surface area (Å²) in [7, 11) is 0. The average molecular weight is 397 g/mol. The summed E-state index contributed by atoms with van der Waals surface area (Å²) in [6, 6.07) is 0.216. The van der Waals surface area contributed by atoms with Crippen LogP contribution in [0.2, 0.25) is 0 Å². The van der Waals surface area contributed by atoms with E-state index >= 15 is 0 Å². The smallest absolute Gasteiger partial charge is 0.228 e. The fourth-order valence-electron chi connectivity index (χ4n) is 3.64. The lowest BCUT2D eigenvalue weighted by Gasteiger charge is -2.35. The normalized spacial score (nSPS) is 27.6. The van der Waals surface area contributed by atoms with Crippen LogP contribution >= 0.6 is 24.8 Å². The maximum absolute atomic E-state index is 12.7. The molecule has 1 unspecified atom stereocenters. The first-order valence-corrected chi connectivity index (χ1v) is 8.74. The predicted molar refractivity (Wildman–Crippen MR) is 100 cm³/mol. The first-order chi connectivity index (χ1) is 11.1. The second kappa shape index (κ2) is 10.5. The third-order valence-electron chi connectivity index (χ3n) is 5.14. The van der Waals surface area contributed by atoms with E-state index in [0.29, 0.717) is 13.0 Å². The summed E-state index contributed by atoms with van der Waals surface area (Å²) in [6.45, 7) is 10.1. The van der Waals surface area contributed by atoms with Crippen molar-refractivity contribution in [3.8, 4) is 0 Å². The summed E-state index contributed by atoms with van der Waals surface area (Å²) in [4.78, 5) is 31.1. The number of rotatable bonds is 4. The molecule has 25 heavy (non-hydrogen) atoms. The molecule has 3 fully saturated rings. The molecule has 1 N–H and O–H groups in total. The maximum atomic E-state index is 12.7. The molecule has 2 atom stereocenters.